The number of nitrogens with zero attached hydrogens (tertiary/aromatic N) is 1. The van der Waals surface area contributed by atoms with E-state index in [-0.39, 0.29) is 10.0 Å². The molecule has 2 aromatic rings. The van der Waals surface area contributed by atoms with E-state index >= 15 is 0 Å². The van der Waals surface area contributed by atoms with Gasteiger partial charge in [-0.15, -0.1) is 0 Å². The number of carbonyl (C=O) groups is 1. The molecule has 2 aromatic carbocycles. The molecule has 3 rings (SSSR count). The fraction of sp³-hybridized carbons (Fsp3) is 0.350. The Morgan fingerprint density at radius 3 is 2.38 bits per heavy atom. The maximum atomic E-state index is 12.8. The number of carbonyl (C=O) groups excluding carboxylic acids is 1. The molecule has 1 atom stereocenters. The summed E-state index contributed by atoms with van der Waals surface area (Å²) in [7, 11) is -3.61. The molecule has 1 fully saturated rings. The SMILES string of the molecule is O=C(SCCCc1ccccc1)C1CCCN1S(=O)(=O)c1ccccc1. The van der Waals surface area contributed by atoms with Crippen LogP contribution < -0.4 is 0 Å². The zero-order valence-corrected chi connectivity index (χ0v) is 16.2. The van der Waals surface area contributed by atoms with Gasteiger partial charge in [-0.3, -0.25) is 4.79 Å². The second kappa shape index (κ2) is 8.84. The minimum atomic E-state index is -3.61. The van der Waals surface area contributed by atoms with Crippen molar-refractivity contribution < 1.29 is 13.2 Å². The normalized spacial score (nSPS) is 18.1. The van der Waals surface area contributed by atoms with E-state index in [0.29, 0.717) is 18.7 Å². The van der Waals surface area contributed by atoms with Crippen molar-refractivity contribution in [2.24, 2.45) is 0 Å². The van der Waals surface area contributed by atoms with Gasteiger partial charge in [0.2, 0.25) is 15.1 Å². The summed E-state index contributed by atoms with van der Waals surface area (Å²) in [6.07, 6.45) is 3.17. The molecule has 0 amide bonds. The predicted molar refractivity (Wildman–Crippen MR) is 106 cm³/mol. The standard InChI is InChI=1S/C20H23NO3S2/c22-20(25-16-8-11-17-9-3-1-4-10-17)19-14-7-15-21(19)26(23,24)18-12-5-2-6-13-18/h1-6,9-10,12-13,19H,7-8,11,14-16H2. The first-order valence-electron chi connectivity index (χ1n) is 8.86. The molecule has 1 aliphatic rings. The fourth-order valence-electron chi connectivity index (χ4n) is 3.18. The summed E-state index contributed by atoms with van der Waals surface area (Å²) in [5.74, 6) is 0.712. The first kappa shape index (κ1) is 19.1. The summed E-state index contributed by atoms with van der Waals surface area (Å²) in [6.45, 7) is 0.415. The summed E-state index contributed by atoms with van der Waals surface area (Å²) in [5, 5.41) is -0.0323. The van der Waals surface area contributed by atoms with Crippen LogP contribution in [0.15, 0.2) is 65.6 Å². The molecule has 1 heterocycles. The summed E-state index contributed by atoms with van der Waals surface area (Å²) < 4.78 is 27.0. The highest BCUT2D eigenvalue weighted by Crippen LogP contribution is 2.29. The second-order valence-corrected chi connectivity index (χ2v) is 9.33. The van der Waals surface area contributed by atoms with Crippen LogP contribution in [0.2, 0.25) is 0 Å². The van der Waals surface area contributed by atoms with Gasteiger partial charge >= 0.3 is 0 Å². The van der Waals surface area contributed by atoms with Crippen LogP contribution in [-0.2, 0) is 21.2 Å². The van der Waals surface area contributed by atoms with Gasteiger partial charge in [0.25, 0.3) is 0 Å². The largest absolute Gasteiger partial charge is 0.285 e. The van der Waals surface area contributed by atoms with Crippen molar-refractivity contribution in [3.8, 4) is 0 Å². The van der Waals surface area contributed by atoms with E-state index in [0.717, 1.165) is 19.3 Å². The van der Waals surface area contributed by atoms with Crippen molar-refractivity contribution in [1.29, 1.82) is 0 Å². The third-order valence-electron chi connectivity index (χ3n) is 4.52. The van der Waals surface area contributed by atoms with Crippen molar-refractivity contribution in [3.63, 3.8) is 0 Å². The second-order valence-electron chi connectivity index (χ2n) is 6.34. The van der Waals surface area contributed by atoms with Gasteiger partial charge < -0.3 is 0 Å². The van der Waals surface area contributed by atoms with Crippen LogP contribution >= 0.6 is 11.8 Å². The Hall–Kier alpha value is -1.63. The Morgan fingerprint density at radius 1 is 1.04 bits per heavy atom. The van der Waals surface area contributed by atoms with Crippen LogP contribution in [0.25, 0.3) is 0 Å². The van der Waals surface area contributed by atoms with Gasteiger partial charge in [0.15, 0.2) is 0 Å². The molecule has 0 bridgehead atoms. The minimum absolute atomic E-state index is 0.0323. The zero-order valence-electron chi connectivity index (χ0n) is 14.6. The first-order chi connectivity index (χ1) is 12.6. The molecule has 0 spiro atoms. The highest BCUT2D eigenvalue weighted by molar-refractivity contribution is 8.13. The number of hydrogen-bond acceptors (Lipinski definition) is 4. The summed E-state index contributed by atoms with van der Waals surface area (Å²) in [6, 6.07) is 18.0. The average molecular weight is 390 g/mol. The maximum absolute atomic E-state index is 12.8. The minimum Gasteiger partial charge on any atom is -0.285 e. The molecule has 26 heavy (non-hydrogen) atoms. The van der Waals surface area contributed by atoms with Gasteiger partial charge in [0.1, 0.15) is 0 Å². The summed E-state index contributed by atoms with van der Waals surface area (Å²) in [5.41, 5.74) is 1.26. The van der Waals surface area contributed by atoms with Gasteiger partial charge in [0, 0.05) is 12.3 Å². The van der Waals surface area contributed by atoms with Crippen LogP contribution in [0.5, 0.6) is 0 Å². The van der Waals surface area contributed by atoms with Crippen LogP contribution in [0.1, 0.15) is 24.8 Å². The highest BCUT2D eigenvalue weighted by atomic mass is 32.2. The molecule has 0 radical (unpaired) electrons. The van der Waals surface area contributed by atoms with Gasteiger partial charge in [-0.05, 0) is 43.4 Å². The van der Waals surface area contributed by atoms with Crippen LogP contribution in [0.3, 0.4) is 0 Å². The smallest absolute Gasteiger partial charge is 0.243 e. The van der Waals surface area contributed by atoms with Crippen molar-refractivity contribution in [1.82, 2.24) is 4.31 Å². The monoisotopic (exact) mass is 389 g/mol. The topological polar surface area (TPSA) is 54.5 Å². The lowest BCUT2D eigenvalue weighted by molar-refractivity contribution is -0.113. The Labute approximate surface area is 159 Å². The Kier molecular flexibility index (Phi) is 6.51. The van der Waals surface area contributed by atoms with E-state index in [9.17, 15) is 13.2 Å². The number of sulfonamides is 1. The molecule has 4 nitrogen and oxygen atoms in total. The molecule has 0 aromatic heterocycles. The van der Waals surface area contributed by atoms with E-state index in [1.165, 1.54) is 21.6 Å². The van der Waals surface area contributed by atoms with Crippen LogP contribution in [0, 0.1) is 0 Å². The predicted octanol–water partition coefficient (Wildman–Crippen LogP) is 3.73. The van der Waals surface area contributed by atoms with E-state index in [4.69, 9.17) is 0 Å². The van der Waals surface area contributed by atoms with E-state index in [1.54, 1.807) is 30.3 Å². The molecule has 0 N–H and O–H groups in total. The highest BCUT2D eigenvalue weighted by Gasteiger charge is 2.39. The fourth-order valence-corrected chi connectivity index (χ4v) is 5.85. The van der Waals surface area contributed by atoms with E-state index < -0.39 is 16.1 Å². The Balaban J connectivity index is 1.56. The van der Waals surface area contributed by atoms with Crippen LogP contribution in [-0.4, -0.2) is 36.2 Å². The van der Waals surface area contributed by atoms with Gasteiger partial charge in [-0.2, -0.15) is 4.31 Å². The van der Waals surface area contributed by atoms with Crippen molar-refractivity contribution in [3.05, 3.63) is 66.2 Å². The molecule has 0 aliphatic carbocycles. The molecule has 6 heteroatoms. The molecule has 0 saturated carbocycles. The molecule has 1 unspecified atom stereocenters. The van der Waals surface area contributed by atoms with Crippen molar-refractivity contribution >= 4 is 26.9 Å². The maximum Gasteiger partial charge on any atom is 0.243 e. The quantitative estimate of drug-likeness (QED) is 0.677. The van der Waals surface area contributed by atoms with Crippen LogP contribution in [0.4, 0.5) is 0 Å². The van der Waals surface area contributed by atoms with E-state index in [2.05, 4.69) is 12.1 Å². The number of thioether (sulfide) groups is 1. The molecule has 1 saturated heterocycles. The Bertz CT molecular complexity index is 823. The lowest BCUT2D eigenvalue weighted by Crippen LogP contribution is -2.39. The Morgan fingerprint density at radius 2 is 1.69 bits per heavy atom. The van der Waals surface area contributed by atoms with Gasteiger partial charge in [-0.25, -0.2) is 8.42 Å². The number of hydrogen-bond donors (Lipinski definition) is 0. The summed E-state index contributed by atoms with van der Waals surface area (Å²) in [4.78, 5) is 12.9. The first-order valence-corrected chi connectivity index (χ1v) is 11.3. The van der Waals surface area contributed by atoms with Crippen molar-refractivity contribution in [2.75, 3.05) is 12.3 Å². The number of benzene rings is 2. The van der Waals surface area contributed by atoms with Crippen molar-refractivity contribution in [2.45, 2.75) is 36.6 Å². The van der Waals surface area contributed by atoms with Gasteiger partial charge in [-0.1, -0.05) is 60.3 Å². The van der Waals surface area contributed by atoms with E-state index in [1.807, 2.05) is 18.2 Å². The molecular weight excluding hydrogens is 366 g/mol. The molecular formula is C20H23NO3S2. The summed E-state index contributed by atoms with van der Waals surface area (Å²) >= 11 is 1.26. The number of rotatable bonds is 7. The lowest BCUT2D eigenvalue weighted by Gasteiger charge is -2.22. The zero-order chi connectivity index (χ0) is 18.4. The third kappa shape index (κ3) is 4.55. The third-order valence-corrected chi connectivity index (χ3v) is 7.49. The average Bonchev–Trinajstić information content (AvgIpc) is 3.17. The number of aryl methyl sites for hydroxylation is 1. The lowest BCUT2D eigenvalue weighted by atomic mass is 10.1. The molecule has 1 aliphatic heterocycles. The van der Waals surface area contributed by atoms with Gasteiger partial charge in [0.05, 0.1) is 10.9 Å². The molecule has 138 valence electrons.